The number of aromatic nitrogens is 1. The lowest BCUT2D eigenvalue weighted by Crippen LogP contribution is -2.28. The molecule has 0 aliphatic rings. The molecule has 2 aromatic carbocycles. The molecule has 0 amide bonds. The number of rotatable bonds is 11. The number of methoxy groups -OCH3 is 2. The monoisotopic (exact) mass is 421 g/mol. The molecule has 0 bridgehead atoms. The Balaban J connectivity index is 1.92. The molecule has 3 rings (SSSR count). The summed E-state index contributed by atoms with van der Waals surface area (Å²) in [6.45, 7) is 4.13. The van der Waals surface area contributed by atoms with Gasteiger partial charge in [-0.25, -0.2) is 4.98 Å². The van der Waals surface area contributed by atoms with Crippen LogP contribution in [0, 0.1) is 0 Å². The topological polar surface area (TPSA) is 66.9 Å². The van der Waals surface area contributed by atoms with Gasteiger partial charge in [-0.3, -0.25) is 0 Å². The van der Waals surface area contributed by atoms with Gasteiger partial charge in [0.15, 0.2) is 0 Å². The average Bonchev–Trinajstić information content (AvgIpc) is 2.83. The highest BCUT2D eigenvalue weighted by Gasteiger charge is 2.18. The van der Waals surface area contributed by atoms with Crippen molar-refractivity contribution in [2.24, 2.45) is 0 Å². The van der Waals surface area contributed by atoms with E-state index < -0.39 is 0 Å². The van der Waals surface area contributed by atoms with E-state index in [-0.39, 0.29) is 12.6 Å². The van der Waals surface area contributed by atoms with Crippen LogP contribution in [0.3, 0.4) is 0 Å². The van der Waals surface area contributed by atoms with Crippen LogP contribution < -0.4 is 19.7 Å². The molecule has 1 aromatic heterocycles. The Morgan fingerprint density at radius 2 is 1.45 bits per heavy atom. The first-order valence-electron chi connectivity index (χ1n) is 10.4. The molecular weight excluding hydrogens is 390 g/mol. The Labute approximate surface area is 184 Å². The molecule has 31 heavy (non-hydrogen) atoms. The number of aliphatic hydroxyl groups is 1. The second kappa shape index (κ2) is 11.3. The molecule has 0 saturated heterocycles. The molecule has 1 atom stereocenters. The predicted molar refractivity (Wildman–Crippen MR) is 124 cm³/mol. The van der Waals surface area contributed by atoms with Crippen LogP contribution >= 0.6 is 0 Å². The van der Waals surface area contributed by atoms with Gasteiger partial charge in [-0.05, 0) is 48.4 Å². The van der Waals surface area contributed by atoms with E-state index in [1.165, 1.54) is 11.1 Å². The summed E-state index contributed by atoms with van der Waals surface area (Å²) < 4.78 is 10.6. The molecule has 0 radical (unpaired) electrons. The largest absolute Gasteiger partial charge is 0.497 e. The normalized spacial score (nSPS) is 11.7. The fourth-order valence-corrected chi connectivity index (χ4v) is 3.51. The summed E-state index contributed by atoms with van der Waals surface area (Å²) in [5.74, 6) is 2.60. The summed E-state index contributed by atoms with van der Waals surface area (Å²) in [6.07, 6.45) is 1.83. The first kappa shape index (κ1) is 22.6. The van der Waals surface area contributed by atoms with Gasteiger partial charge in [0, 0.05) is 37.4 Å². The Morgan fingerprint density at radius 1 is 0.903 bits per heavy atom. The SMILES string of the molecule is COc1ccc(CN(Cc2ccc(OC)cc2)c2ncccc2[C@@H](C)NCCO)cc1. The van der Waals surface area contributed by atoms with Gasteiger partial charge >= 0.3 is 0 Å². The van der Waals surface area contributed by atoms with Crippen molar-refractivity contribution < 1.29 is 14.6 Å². The third-order valence-corrected chi connectivity index (χ3v) is 5.21. The molecule has 1 heterocycles. The fraction of sp³-hybridized carbons (Fsp3) is 0.320. The molecule has 6 heteroatoms. The maximum Gasteiger partial charge on any atom is 0.133 e. The van der Waals surface area contributed by atoms with Gasteiger partial charge in [0.25, 0.3) is 0 Å². The highest BCUT2D eigenvalue weighted by molar-refractivity contribution is 5.50. The molecular formula is C25H31N3O3. The van der Waals surface area contributed by atoms with E-state index in [9.17, 15) is 5.11 Å². The van der Waals surface area contributed by atoms with Crippen molar-refractivity contribution in [2.45, 2.75) is 26.1 Å². The molecule has 2 N–H and O–H groups in total. The molecule has 164 valence electrons. The molecule has 0 aliphatic carbocycles. The highest BCUT2D eigenvalue weighted by atomic mass is 16.5. The van der Waals surface area contributed by atoms with Crippen molar-refractivity contribution in [1.82, 2.24) is 10.3 Å². The number of hydrogen-bond donors (Lipinski definition) is 2. The minimum Gasteiger partial charge on any atom is -0.497 e. The summed E-state index contributed by atoms with van der Waals surface area (Å²) in [5, 5.41) is 12.6. The number of nitrogens with zero attached hydrogens (tertiary/aromatic N) is 2. The molecule has 0 fully saturated rings. The van der Waals surface area contributed by atoms with E-state index in [0.717, 1.165) is 22.9 Å². The number of hydrogen-bond acceptors (Lipinski definition) is 6. The van der Waals surface area contributed by atoms with Gasteiger partial charge in [-0.2, -0.15) is 0 Å². The van der Waals surface area contributed by atoms with E-state index in [2.05, 4.69) is 47.5 Å². The number of pyridine rings is 1. The van der Waals surface area contributed by atoms with Gasteiger partial charge in [-0.15, -0.1) is 0 Å². The van der Waals surface area contributed by atoms with Gasteiger partial charge in [0.05, 0.1) is 20.8 Å². The zero-order valence-electron chi connectivity index (χ0n) is 18.4. The van der Waals surface area contributed by atoms with Crippen LogP contribution in [0.25, 0.3) is 0 Å². The van der Waals surface area contributed by atoms with Crippen molar-refractivity contribution in [3.8, 4) is 11.5 Å². The standard InChI is InChI=1S/C25H31N3O3/c1-19(26-15-16-29)24-5-4-14-27-25(24)28(17-20-6-10-22(30-2)11-7-20)18-21-8-12-23(31-3)13-9-21/h4-14,19,26,29H,15-18H2,1-3H3/t19-/m1/s1. The smallest absolute Gasteiger partial charge is 0.133 e. The first-order valence-corrected chi connectivity index (χ1v) is 10.4. The van der Waals surface area contributed by atoms with Crippen molar-refractivity contribution >= 4 is 5.82 Å². The lowest BCUT2D eigenvalue weighted by atomic mass is 10.1. The fourth-order valence-electron chi connectivity index (χ4n) is 3.51. The average molecular weight is 422 g/mol. The summed E-state index contributed by atoms with van der Waals surface area (Å²) in [7, 11) is 3.35. The molecule has 6 nitrogen and oxygen atoms in total. The van der Waals surface area contributed by atoms with Crippen LogP contribution in [0.15, 0.2) is 66.9 Å². The van der Waals surface area contributed by atoms with E-state index in [4.69, 9.17) is 14.5 Å². The van der Waals surface area contributed by atoms with Gasteiger partial charge < -0.3 is 24.8 Å². The second-order valence-corrected chi connectivity index (χ2v) is 7.37. The van der Waals surface area contributed by atoms with Crippen LogP contribution in [-0.4, -0.2) is 37.5 Å². The number of anilines is 1. The van der Waals surface area contributed by atoms with Crippen molar-refractivity contribution in [2.75, 3.05) is 32.3 Å². The third kappa shape index (κ3) is 6.20. The van der Waals surface area contributed by atoms with E-state index in [1.54, 1.807) is 14.2 Å². The number of aliphatic hydroxyl groups excluding tert-OH is 1. The quantitative estimate of drug-likeness (QED) is 0.489. The third-order valence-electron chi connectivity index (χ3n) is 5.21. The minimum atomic E-state index is 0.0603. The second-order valence-electron chi connectivity index (χ2n) is 7.37. The lowest BCUT2D eigenvalue weighted by Gasteiger charge is -2.28. The summed E-state index contributed by atoms with van der Waals surface area (Å²) in [5.41, 5.74) is 3.43. The van der Waals surface area contributed by atoms with Crippen molar-refractivity contribution in [3.05, 3.63) is 83.6 Å². The van der Waals surface area contributed by atoms with Crippen LogP contribution in [0.2, 0.25) is 0 Å². The Morgan fingerprint density at radius 3 is 1.94 bits per heavy atom. The van der Waals surface area contributed by atoms with E-state index in [0.29, 0.717) is 19.6 Å². The van der Waals surface area contributed by atoms with Gasteiger partial charge in [0.1, 0.15) is 17.3 Å². The maximum absolute atomic E-state index is 9.21. The molecule has 0 aliphatic heterocycles. The Bertz CT molecular complexity index is 880. The summed E-state index contributed by atoms with van der Waals surface area (Å²) in [4.78, 5) is 7.02. The zero-order valence-corrected chi connectivity index (χ0v) is 18.4. The lowest BCUT2D eigenvalue weighted by molar-refractivity contribution is 0.286. The Hall–Kier alpha value is -3.09. The molecule has 0 spiro atoms. The molecule has 3 aromatic rings. The van der Waals surface area contributed by atoms with E-state index >= 15 is 0 Å². The maximum atomic E-state index is 9.21. The van der Waals surface area contributed by atoms with Crippen LogP contribution in [0.5, 0.6) is 11.5 Å². The van der Waals surface area contributed by atoms with Crippen LogP contribution in [0.1, 0.15) is 29.7 Å². The number of ether oxygens (including phenoxy) is 2. The first-order chi connectivity index (χ1) is 15.1. The molecule has 0 saturated carbocycles. The number of benzene rings is 2. The minimum absolute atomic E-state index is 0.0603. The Kier molecular flexibility index (Phi) is 8.27. The van der Waals surface area contributed by atoms with Crippen molar-refractivity contribution in [3.63, 3.8) is 0 Å². The van der Waals surface area contributed by atoms with Crippen LogP contribution in [0.4, 0.5) is 5.82 Å². The zero-order chi connectivity index (χ0) is 22.1. The van der Waals surface area contributed by atoms with E-state index in [1.807, 2.05) is 36.5 Å². The van der Waals surface area contributed by atoms with Crippen molar-refractivity contribution in [1.29, 1.82) is 0 Å². The predicted octanol–water partition coefficient (Wildman–Crippen LogP) is 3.95. The van der Waals surface area contributed by atoms with Crippen LogP contribution in [-0.2, 0) is 13.1 Å². The summed E-state index contributed by atoms with van der Waals surface area (Å²) >= 11 is 0. The molecule has 0 unspecified atom stereocenters. The summed E-state index contributed by atoms with van der Waals surface area (Å²) in [6, 6.07) is 20.3. The van der Waals surface area contributed by atoms with Gasteiger partial charge in [0.2, 0.25) is 0 Å². The number of nitrogens with one attached hydrogen (secondary N) is 1. The van der Waals surface area contributed by atoms with Gasteiger partial charge in [-0.1, -0.05) is 30.3 Å². The highest BCUT2D eigenvalue weighted by Crippen LogP contribution is 2.27.